The number of alkyl halides is 3. The van der Waals surface area contributed by atoms with E-state index in [1.807, 2.05) is 0 Å². The SMILES string of the molecule is O=C(/C=C/c1cccc(C(F)(F)F)c1)c1ccc(S(=O)(=O)N2CCCCCC2)cc1. The van der Waals surface area contributed by atoms with Gasteiger partial charge < -0.3 is 0 Å². The number of sulfonamides is 1. The minimum absolute atomic E-state index is 0.128. The summed E-state index contributed by atoms with van der Waals surface area (Å²) in [7, 11) is -3.60. The summed E-state index contributed by atoms with van der Waals surface area (Å²) in [5.74, 6) is -0.425. The van der Waals surface area contributed by atoms with Crippen molar-refractivity contribution in [2.24, 2.45) is 0 Å². The number of hydrogen-bond acceptors (Lipinski definition) is 3. The van der Waals surface area contributed by atoms with Crippen molar-refractivity contribution >= 4 is 21.9 Å². The van der Waals surface area contributed by atoms with Gasteiger partial charge in [-0.05, 0) is 60.9 Å². The third-order valence-corrected chi connectivity index (χ3v) is 6.90. The molecule has 3 rings (SSSR count). The number of nitrogens with zero attached hydrogens (tertiary/aromatic N) is 1. The maximum Gasteiger partial charge on any atom is 0.416 e. The van der Waals surface area contributed by atoms with Gasteiger partial charge in [-0.15, -0.1) is 0 Å². The molecular weight excluding hydrogens is 415 g/mol. The summed E-state index contributed by atoms with van der Waals surface area (Å²) in [6.45, 7) is 0.978. The molecule has 0 bridgehead atoms. The van der Waals surface area contributed by atoms with E-state index >= 15 is 0 Å². The standard InChI is InChI=1S/C22H22F3NO3S/c23-22(24,25)19-7-5-6-17(16-19)8-13-21(27)18-9-11-20(12-10-18)30(28,29)26-14-3-1-2-4-15-26/h5-13,16H,1-4,14-15H2/b13-8+. The van der Waals surface area contributed by atoms with Gasteiger partial charge in [-0.3, -0.25) is 4.79 Å². The van der Waals surface area contributed by atoms with Crippen LogP contribution >= 0.6 is 0 Å². The van der Waals surface area contributed by atoms with Gasteiger partial charge in [-0.25, -0.2) is 8.42 Å². The van der Waals surface area contributed by atoms with Gasteiger partial charge in [-0.1, -0.05) is 31.1 Å². The lowest BCUT2D eigenvalue weighted by Crippen LogP contribution is -2.31. The molecule has 0 radical (unpaired) electrons. The summed E-state index contributed by atoms with van der Waals surface area (Å²) in [6, 6.07) is 10.3. The lowest BCUT2D eigenvalue weighted by Gasteiger charge is -2.19. The van der Waals surface area contributed by atoms with Crippen LogP contribution in [0.25, 0.3) is 6.08 Å². The van der Waals surface area contributed by atoms with Crippen molar-refractivity contribution in [1.82, 2.24) is 4.31 Å². The van der Waals surface area contributed by atoms with Gasteiger partial charge in [0.25, 0.3) is 0 Å². The minimum atomic E-state index is -4.46. The first-order valence-electron chi connectivity index (χ1n) is 9.68. The van der Waals surface area contributed by atoms with E-state index < -0.39 is 27.5 Å². The summed E-state index contributed by atoms with van der Waals surface area (Å²) in [5, 5.41) is 0. The van der Waals surface area contributed by atoms with Crippen LogP contribution in [0.15, 0.2) is 59.5 Å². The van der Waals surface area contributed by atoms with Crippen molar-refractivity contribution < 1.29 is 26.4 Å². The molecule has 1 aliphatic heterocycles. The number of ketones is 1. The Hall–Kier alpha value is -2.45. The first-order chi connectivity index (χ1) is 14.2. The van der Waals surface area contributed by atoms with Crippen molar-refractivity contribution in [3.63, 3.8) is 0 Å². The number of halogens is 3. The number of carbonyl (C=O) groups is 1. The van der Waals surface area contributed by atoms with Crippen LogP contribution in [0.4, 0.5) is 13.2 Å². The summed E-state index contributed by atoms with van der Waals surface area (Å²) >= 11 is 0. The second kappa shape index (κ2) is 9.14. The van der Waals surface area contributed by atoms with Gasteiger partial charge in [0, 0.05) is 18.7 Å². The Kier molecular flexibility index (Phi) is 6.77. The minimum Gasteiger partial charge on any atom is -0.289 e. The maximum atomic E-state index is 12.8. The number of rotatable bonds is 5. The van der Waals surface area contributed by atoms with Gasteiger partial charge in [-0.2, -0.15) is 17.5 Å². The monoisotopic (exact) mass is 437 g/mol. The Morgan fingerprint density at radius 2 is 1.57 bits per heavy atom. The zero-order valence-electron chi connectivity index (χ0n) is 16.2. The molecule has 0 atom stereocenters. The Morgan fingerprint density at radius 3 is 2.17 bits per heavy atom. The zero-order valence-corrected chi connectivity index (χ0v) is 17.0. The van der Waals surface area contributed by atoms with E-state index in [1.165, 1.54) is 52.9 Å². The second-order valence-corrected chi connectivity index (χ2v) is 9.10. The van der Waals surface area contributed by atoms with Gasteiger partial charge in [0.15, 0.2) is 5.78 Å². The van der Waals surface area contributed by atoms with E-state index in [-0.39, 0.29) is 16.0 Å². The highest BCUT2D eigenvalue weighted by molar-refractivity contribution is 7.89. The molecule has 0 unspecified atom stereocenters. The van der Waals surface area contributed by atoms with Crippen LogP contribution in [0.5, 0.6) is 0 Å². The molecule has 0 spiro atoms. The average molecular weight is 437 g/mol. The lowest BCUT2D eigenvalue weighted by atomic mass is 10.1. The molecule has 0 aliphatic carbocycles. The predicted octanol–water partition coefficient (Wildman–Crippen LogP) is 5.17. The topological polar surface area (TPSA) is 54.5 Å². The van der Waals surface area contributed by atoms with Crippen molar-refractivity contribution in [2.75, 3.05) is 13.1 Å². The van der Waals surface area contributed by atoms with Crippen molar-refractivity contribution in [2.45, 2.75) is 36.8 Å². The Bertz CT molecular complexity index is 1020. The number of benzene rings is 2. The predicted molar refractivity (Wildman–Crippen MR) is 108 cm³/mol. The normalized spacial score (nSPS) is 16.5. The fourth-order valence-electron chi connectivity index (χ4n) is 3.31. The largest absolute Gasteiger partial charge is 0.416 e. The fraction of sp³-hybridized carbons (Fsp3) is 0.318. The quantitative estimate of drug-likeness (QED) is 0.479. The highest BCUT2D eigenvalue weighted by Crippen LogP contribution is 2.29. The van der Waals surface area contributed by atoms with Crippen molar-refractivity contribution in [3.8, 4) is 0 Å². The van der Waals surface area contributed by atoms with E-state index in [9.17, 15) is 26.4 Å². The third-order valence-electron chi connectivity index (χ3n) is 4.98. The van der Waals surface area contributed by atoms with Gasteiger partial charge >= 0.3 is 6.18 Å². The fourth-order valence-corrected chi connectivity index (χ4v) is 4.83. The zero-order chi connectivity index (χ0) is 21.8. The van der Waals surface area contributed by atoms with Gasteiger partial charge in [0.05, 0.1) is 10.5 Å². The molecule has 8 heteroatoms. The summed E-state index contributed by atoms with van der Waals surface area (Å²) in [6.07, 6.45) is 1.71. The average Bonchev–Trinajstić information content (AvgIpc) is 3.02. The highest BCUT2D eigenvalue weighted by Gasteiger charge is 2.30. The summed E-state index contributed by atoms with van der Waals surface area (Å²) in [5.41, 5.74) is -0.285. The molecule has 2 aromatic carbocycles. The first kappa shape index (κ1) is 22.2. The summed E-state index contributed by atoms with van der Waals surface area (Å²) < 4.78 is 65.4. The van der Waals surface area contributed by atoms with Crippen LogP contribution in [-0.4, -0.2) is 31.6 Å². The van der Waals surface area contributed by atoms with Gasteiger partial charge in [0.1, 0.15) is 0 Å². The molecule has 0 aromatic heterocycles. The van der Waals surface area contributed by atoms with Crippen LogP contribution in [0.2, 0.25) is 0 Å². The van der Waals surface area contributed by atoms with Crippen LogP contribution < -0.4 is 0 Å². The number of hydrogen-bond donors (Lipinski definition) is 0. The summed E-state index contributed by atoms with van der Waals surface area (Å²) in [4.78, 5) is 12.5. The molecule has 0 N–H and O–H groups in total. The van der Waals surface area contributed by atoms with Crippen LogP contribution in [-0.2, 0) is 16.2 Å². The molecule has 0 saturated carbocycles. The van der Waals surface area contributed by atoms with E-state index in [2.05, 4.69) is 0 Å². The molecule has 1 fully saturated rings. The van der Waals surface area contributed by atoms with Crippen molar-refractivity contribution in [1.29, 1.82) is 0 Å². The van der Waals surface area contributed by atoms with E-state index in [0.29, 0.717) is 13.1 Å². The molecule has 0 amide bonds. The molecule has 2 aromatic rings. The molecular formula is C22H22F3NO3S. The maximum absolute atomic E-state index is 12.8. The van der Waals surface area contributed by atoms with E-state index in [0.717, 1.165) is 37.8 Å². The Balaban J connectivity index is 1.73. The van der Waals surface area contributed by atoms with Crippen LogP contribution in [0.3, 0.4) is 0 Å². The first-order valence-corrected chi connectivity index (χ1v) is 11.1. The number of carbonyl (C=O) groups excluding carboxylic acids is 1. The van der Waals surface area contributed by atoms with E-state index in [4.69, 9.17) is 0 Å². The van der Waals surface area contributed by atoms with E-state index in [1.54, 1.807) is 0 Å². The smallest absolute Gasteiger partial charge is 0.289 e. The molecule has 30 heavy (non-hydrogen) atoms. The highest BCUT2D eigenvalue weighted by atomic mass is 32.2. The lowest BCUT2D eigenvalue weighted by molar-refractivity contribution is -0.137. The number of allylic oxidation sites excluding steroid dienone is 1. The molecule has 1 aliphatic rings. The Labute approximate surface area is 174 Å². The van der Waals surface area contributed by atoms with Gasteiger partial charge in [0.2, 0.25) is 10.0 Å². The molecule has 160 valence electrons. The second-order valence-electron chi connectivity index (χ2n) is 7.16. The van der Waals surface area contributed by atoms with Crippen LogP contribution in [0, 0.1) is 0 Å². The van der Waals surface area contributed by atoms with Crippen molar-refractivity contribution in [3.05, 3.63) is 71.3 Å². The molecule has 1 saturated heterocycles. The molecule has 4 nitrogen and oxygen atoms in total. The Morgan fingerprint density at radius 1 is 0.933 bits per heavy atom. The molecule has 1 heterocycles. The van der Waals surface area contributed by atoms with Crippen LogP contribution in [0.1, 0.15) is 47.2 Å². The third kappa shape index (κ3) is 5.37.